The van der Waals surface area contributed by atoms with Gasteiger partial charge in [-0.2, -0.15) is 0 Å². The summed E-state index contributed by atoms with van der Waals surface area (Å²) in [6, 6.07) is 6.03. The topological polar surface area (TPSA) is 95.9 Å². The maximum Gasteiger partial charge on any atom is 0.327 e. The molecule has 0 spiro atoms. The highest BCUT2D eigenvalue weighted by molar-refractivity contribution is 8.01. The monoisotopic (exact) mass is 432 g/mol. The number of carboxylic acid groups (broad SMARTS) is 1. The van der Waals surface area contributed by atoms with E-state index in [0.717, 1.165) is 12.0 Å². The predicted octanol–water partition coefficient (Wildman–Crippen LogP) is 2.53. The summed E-state index contributed by atoms with van der Waals surface area (Å²) in [4.78, 5) is 39.3. The molecule has 0 aromatic heterocycles. The molecule has 30 heavy (non-hydrogen) atoms. The van der Waals surface area contributed by atoms with Gasteiger partial charge >= 0.3 is 5.97 Å². The molecule has 3 fully saturated rings. The van der Waals surface area contributed by atoms with Crippen LogP contribution in [0.15, 0.2) is 24.3 Å². The summed E-state index contributed by atoms with van der Waals surface area (Å²) in [7, 11) is 0. The van der Waals surface area contributed by atoms with Crippen LogP contribution in [0.1, 0.15) is 52.5 Å². The van der Waals surface area contributed by atoms with Crippen LogP contribution in [-0.4, -0.2) is 56.1 Å². The summed E-state index contributed by atoms with van der Waals surface area (Å²) in [6.45, 7) is 7.55. The first-order valence-electron chi connectivity index (χ1n) is 10.4. The number of carbonyl (C=O) groups is 3. The minimum absolute atomic E-state index is 0.0156. The Hall–Kier alpha value is -2.22. The molecule has 0 bridgehead atoms. The first-order valence-corrected chi connectivity index (χ1v) is 11.3. The van der Waals surface area contributed by atoms with Crippen molar-refractivity contribution in [3.63, 3.8) is 0 Å². The van der Waals surface area contributed by atoms with Gasteiger partial charge in [-0.1, -0.05) is 24.6 Å². The average Bonchev–Trinajstić information content (AvgIpc) is 2.88. The van der Waals surface area contributed by atoms with Gasteiger partial charge < -0.3 is 20.1 Å². The number of nitrogens with zero attached hydrogens (tertiary/aromatic N) is 1. The van der Waals surface area contributed by atoms with E-state index in [9.17, 15) is 19.5 Å². The van der Waals surface area contributed by atoms with Crippen LogP contribution < -0.4 is 10.1 Å². The molecular weight excluding hydrogens is 404 g/mol. The van der Waals surface area contributed by atoms with Crippen molar-refractivity contribution in [3.8, 4) is 5.75 Å². The molecule has 162 valence electrons. The van der Waals surface area contributed by atoms with Crippen LogP contribution in [0.2, 0.25) is 0 Å². The van der Waals surface area contributed by atoms with E-state index in [4.69, 9.17) is 4.74 Å². The first kappa shape index (κ1) is 21.0. The van der Waals surface area contributed by atoms with Crippen molar-refractivity contribution in [2.24, 2.45) is 0 Å². The highest BCUT2D eigenvalue weighted by Gasteiger charge is 2.65. The lowest BCUT2D eigenvalue weighted by Gasteiger charge is -2.47. The Kier molecular flexibility index (Phi) is 5.03. The smallest absolute Gasteiger partial charge is 0.327 e. The normalized spacial score (nSPS) is 28.4. The second-order valence-corrected chi connectivity index (χ2v) is 10.9. The lowest BCUT2D eigenvalue weighted by molar-refractivity contribution is -0.161. The molecule has 3 aliphatic rings. The van der Waals surface area contributed by atoms with E-state index in [2.05, 4.69) is 5.32 Å². The Morgan fingerprint density at radius 1 is 1.27 bits per heavy atom. The molecule has 1 aliphatic carbocycles. The molecular formula is C22H28N2O5S. The fraction of sp³-hybridized carbons (Fsp3) is 0.591. The average molecular weight is 433 g/mol. The fourth-order valence-electron chi connectivity index (χ4n) is 4.79. The molecule has 2 heterocycles. The number of benzene rings is 1. The molecule has 2 amide bonds. The Morgan fingerprint density at radius 3 is 2.50 bits per heavy atom. The van der Waals surface area contributed by atoms with Crippen LogP contribution in [-0.2, 0) is 19.8 Å². The number of para-hydroxylation sites is 1. The van der Waals surface area contributed by atoms with Gasteiger partial charge in [0.25, 0.3) is 0 Å². The molecule has 3 atom stereocenters. The summed E-state index contributed by atoms with van der Waals surface area (Å²) in [6.07, 6.45) is 2.31. The number of β-lactam (4-membered cyclic amide) rings is 1. The SMILES string of the molecule is CC(C)Oc1ccccc1C1(C(=O)NC2C(=O)N3C2SC(C)(C)C3C(=O)O)CCC1. The molecule has 1 saturated carbocycles. The van der Waals surface area contributed by atoms with E-state index in [-0.39, 0.29) is 23.3 Å². The van der Waals surface area contributed by atoms with E-state index in [1.54, 1.807) is 0 Å². The first-order chi connectivity index (χ1) is 14.1. The van der Waals surface area contributed by atoms with E-state index in [1.165, 1.54) is 16.7 Å². The molecule has 7 nitrogen and oxygen atoms in total. The highest BCUT2D eigenvalue weighted by Crippen LogP contribution is 2.52. The largest absolute Gasteiger partial charge is 0.491 e. The molecule has 1 aromatic rings. The number of hydrogen-bond donors (Lipinski definition) is 2. The molecule has 4 rings (SSSR count). The second kappa shape index (κ2) is 7.18. The number of carboxylic acids is 1. The van der Waals surface area contributed by atoms with Crippen molar-refractivity contribution in [2.45, 2.75) is 80.7 Å². The zero-order valence-corrected chi connectivity index (χ0v) is 18.5. The van der Waals surface area contributed by atoms with Gasteiger partial charge in [0.15, 0.2) is 0 Å². The van der Waals surface area contributed by atoms with E-state index in [0.29, 0.717) is 18.6 Å². The minimum atomic E-state index is -1.01. The zero-order chi connectivity index (χ0) is 21.8. The third kappa shape index (κ3) is 3.07. The maximum absolute atomic E-state index is 13.4. The summed E-state index contributed by atoms with van der Waals surface area (Å²) < 4.78 is 5.34. The van der Waals surface area contributed by atoms with Crippen LogP contribution in [0.4, 0.5) is 0 Å². The summed E-state index contributed by atoms with van der Waals surface area (Å²) in [5, 5.41) is 12.2. The number of nitrogens with one attached hydrogen (secondary N) is 1. The van der Waals surface area contributed by atoms with Crippen molar-refractivity contribution in [1.82, 2.24) is 10.2 Å². The number of ether oxygens (including phenoxy) is 1. The van der Waals surface area contributed by atoms with Crippen molar-refractivity contribution in [3.05, 3.63) is 29.8 Å². The van der Waals surface area contributed by atoms with Crippen molar-refractivity contribution >= 4 is 29.5 Å². The molecule has 2 aliphatic heterocycles. The lowest BCUT2D eigenvalue weighted by atomic mass is 9.63. The Labute approximate surface area is 180 Å². The fourth-order valence-corrected chi connectivity index (χ4v) is 6.42. The number of carbonyl (C=O) groups excluding carboxylic acids is 2. The van der Waals surface area contributed by atoms with Crippen molar-refractivity contribution in [1.29, 1.82) is 0 Å². The number of aliphatic carboxylic acids is 1. The van der Waals surface area contributed by atoms with Crippen LogP contribution in [0, 0.1) is 0 Å². The summed E-state index contributed by atoms with van der Waals surface area (Å²) in [5.41, 5.74) is 0.144. The third-order valence-corrected chi connectivity index (χ3v) is 7.94. The minimum Gasteiger partial charge on any atom is -0.491 e. The van der Waals surface area contributed by atoms with Gasteiger partial charge in [-0.15, -0.1) is 11.8 Å². The van der Waals surface area contributed by atoms with Gasteiger partial charge in [0.2, 0.25) is 11.8 Å². The molecule has 8 heteroatoms. The molecule has 1 aromatic carbocycles. The molecule has 0 radical (unpaired) electrons. The lowest BCUT2D eigenvalue weighted by Crippen LogP contribution is -2.72. The van der Waals surface area contributed by atoms with Crippen LogP contribution in [0.25, 0.3) is 0 Å². The van der Waals surface area contributed by atoms with Crippen LogP contribution in [0.3, 0.4) is 0 Å². The molecule has 3 unspecified atom stereocenters. The number of fused-ring (bicyclic) bond motifs is 1. The number of hydrogen-bond acceptors (Lipinski definition) is 5. The van der Waals surface area contributed by atoms with E-state index < -0.39 is 28.2 Å². The van der Waals surface area contributed by atoms with Gasteiger partial charge in [-0.25, -0.2) is 4.79 Å². The van der Waals surface area contributed by atoms with Gasteiger partial charge in [0.05, 0.1) is 11.5 Å². The van der Waals surface area contributed by atoms with Gasteiger partial charge in [0, 0.05) is 10.3 Å². The maximum atomic E-state index is 13.4. The Morgan fingerprint density at radius 2 is 1.93 bits per heavy atom. The number of rotatable bonds is 6. The highest BCUT2D eigenvalue weighted by atomic mass is 32.2. The van der Waals surface area contributed by atoms with Gasteiger partial charge in [-0.05, 0) is 46.6 Å². The molecule has 2 saturated heterocycles. The van der Waals surface area contributed by atoms with Crippen LogP contribution in [0.5, 0.6) is 5.75 Å². The molecule has 2 N–H and O–H groups in total. The zero-order valence-electron chi connectivity index (χ0n) is 17.7. The van der Waals surface area contributed by atoms with Crippen LogP contribution >= 0.6 is 11.8 Å². The summed E-state index contributed by atoms with van der Waals surface area (Å²) in [5.74, 6) is -0.807. The van der Waals surface area contributed by atoms with Crippen molar-refractivity contribution < 1.29 is 24.2 Å². The number of thioether (sulfide) groups is 1. The second-order valence-electron chi connectivity index (χ2n) is 9.15. The van der Waals surface area contributed by atoms with Gasteiger partial charge in [0.1, 0.15) is 23.2 Å². The van der Waals surface area contributed by atoms with Gasteiger partial charge in [-0.3, -0.25) is 9.59 Å². The quantitative estimate of drug-likeness (QED) is 0.671. The van der Waals surface area contributed by atoms with E-state index in [1.807, 2.05) is 52.0 Å². The Bertz CT molecular complexity index is 895. The predicted molar refractivity (Wildman–Crippen MR) is 113 cm³/mol. The standard InChI is InChI=1S/C22H28N2O5S/c1-12(2)29-14-9-6-5-8-13(14)22(10-7-11-22)20(28)23-15-17(25)24-16(19(26)27)21(3,4)30-18(15)24/h5-6,8-9,12,15-16,18H,7,10-11H2,1-4H3,(H,23,28)(H,26,27). The van der Waals surface area contributed by atoms with Crippen molar-refractivity contribution in [2.75, 3.05) is 0 Å². The number of amides is 2. The third-order valence-electron chi connectivity index (χ3n) is 6.37. The Balaban J connectivity index is 1.56. The van der Waals surface area contributed by atoms with E-state index >= 15 is 0 Å². The summed E-state index contributed by atoms with van der Waals surface area (Å²) >= 11 is 1.44.